The minimum atomic E-state index is -1.11. The van der Waals surface area contributed by atoms with Gasteiger partial charge in [0.25, 0.3) is 11.6 Å². The molecule has 1 aromatic carbocycles. The lowest BCUT2D eigenvalue weighted by Gasteiger charge is -2.11. The number of nitro groups is 1. The Bertz CT molecular complexity index is 1320. The van der Waals surface area contributed by atoms with Crippen LogP contribution in [0.2, 0.25) is 0 Å². The van der Waals surface area contributed by atoms with Crippen molar-refractivity contribution in [3.8, 4) is 22.1 Å². The van der Waals surface area contributed by atoms with Crippen molar-refractivity contribution in [3.63, 3.8) is 0 Å². The van der Waals surface area contributed by atoms with Gasteiger partial charge < -0.3 is 4.74 Å². The predicted molar refractivity (Wildman–Crippen MR) is 121 cm³/mol. The first-order valence-corrected chi connectivity index (χ1v) is 11.1. The third kappa shape index (κ3) is 5.22. The van der Waals surface area contributed by atoms with Gasteiger partial charge in [0.2, 0.25) is 0 Å². The number of ether oxygens (including phenoxy) is 1. The van der Waals surface area contributed by atoms with Crippen molar-refractivity contribution in [1.29, 1.82) is 0 Å². The number of rotatable bonds is 7. The highest BCUT2D eigenvalue weighted by Gasteiger charge is 2.22. The van der Waals surface area contributed by atoms with Gasteiger partial charge in [0.15, 0.2) is 27.8 Å². The highest BCUT2D eigenvalue weighted by atomic mass is 32.1. The molecule has 166 valence electrons. The highest BCUT2D eigenvalue weighted by Crippen LogP contribution is 2.27. The van der Waals surface area contributed by atoms with E-state index < -0.39 is 22.9 Å². The van der Waals surface area contributed by atoms with Crippen LogP contribution in [0.3, 0.4) is 0 Å². The smallest absolute Gasteiger partial charge is 0.358 e. The first-order valence-electron chi connectivity index (χ1n) is 9.36. The number of nitro benzene ring substituents is 1. The minimum Gasteiger partial charge on any atom is -0.448 e. The fraction of sp³-hybridized carbons (Fsp3) is 0.100. The van der Waals surface area contributed by atoms with Crippen LogP contribution in [-0.2, 0) is 9.53 Å². The first kappa shape index (κ1) is 22.1. The molecule has 11 nitrogen and oxygen atoms in total. The van der Waals surface area contributed by atoms with Gasteiger partial charge in [0.05, 0.1) is 10.6 Å². The second-order valence-electron chi connectivity index (χ2n) is 6.49. The molecular formula is C20H14N6O5S2. The largest absolute Gasteiger partial charge is 0.448 e. The van der Waals surface area contributed by atoms with Gasteiger partial charge in [-0.15, -0.1) is 22.7 Å². The molecule has 4 rings (SSSR count). The van der Waals surface area contributed by atoms with Crippen molar-refractivity contribution in [2.45, 2.75) is 13.0 Å². The minimum absolute atomic E-state index is 0.0457. The molecule has 1 atom stereocenters. The fourth-order valence-corrected chi connectivity index (χ4v) is 4.06. The fourth-order valence-electron chi connectivity index (χ4n) is 2.60. The van der Waals surface area contributed by atoms with Crippen LogP contribution in [0.5, 0.6) is 0 Å². The first-order chi connectivity index (χ1) is 15.9. The average molecular weight is 483 g/mol. The third-order valence-corrected chi connectivity index (χ3v) is 5.81. The van der Waals surface area contributed by atoms with Crippen molar-refractivity contribution in [2.24, 2.45) is 0 Å². The Kier molecular flexibility index (Phi) is 6.42. The highest BCUT2D eigenvalue weighted by molar-refractivity contribution is 7.14. The van der Waals surface area contributed by atoms with Crippen LogP contribution in [0, 0.1) is 10.1 Å². The molecule has 0 bridgehead atoms. The van der Waals surface area contributed by atoms with Crippen molar-refractivity contribution in [2.75, 3.05) is 5.32 Å². The Hall–Kier alpha value is -4.10. The summed E-state index contributed by atoms with van der Waals surface area (Å²) in [7, 11) is 0. The summed E-state index contributed by atoms with van der Waals surface area (Å²) < 4.78 is 5.21. The van der Waals surface area contributed by atoms with E-state index in [1.807, 2.05) is 0 Å². The van der Waals surface area contributed by atoms with Gasteiger partial charge >= 0.3 is 5.97 Å². The van der Waals surface area contributed by atoms with Crippen LogP contribution in [0.25, 0.3) is 22.1 Å². The lowest BCUT2D eigenvalue weighted by Crippen LogP contribution is -2.30. The summed E-state index contributed by atoms with van der Waals surface area (Å²) >= 11 is 2.33. The number of nitrogens with zero attached hydrogens (tertiary/aromatic N) is 5. The summed E-state index contributed by atoms with van der Waals surface area (Å²) in [5.74, 6) is -0.951. The molecule has 0 saturated heterocycles. The van der Waals surface area contributed by atoms with Crippen LogP contribution in [0.15, 0.2) is 53.5 Å². The molecule has 4 aromatic rings. The lowest BCUT2D eigenvalue weighted by molar-refractivity contribution is -0.384. The van der Waals surface area contributed by atoms with E-state index in [0.717, 1.165) is 11.3 Å². The van der Waals surface area contributed by atoms with Gasteiger partial charge in [-0.3, -0.25) is 20.2 Å². The van der Waals surface area contributed by atoms with Crippen LogP contribution < -0.4 is 5.32 Å². The molecule has 0 aliphatic carbocycles. The number of thiazole rings is 2. The van der Waals surface area contributed by atoms with Gasteiger partial charge in [-0.25, -0.2) is 24.7 Å². The molecule has 1 N–H and O–H groups in total. The number of non-ortho nitro benzene ring substituents is 1. The maximum atomic E-state index is 12.4. The number of amides is 1. The molecule has 33 heavy (non-hydrogen) atoms. The Balaban J connectivity index is 1.37. The Morgan fingerprint density at radius 3 is 2.67 bits per heavy atom. The van der Waals surface area contributed by atoms with E-state index in [1.165, 1.54) is 35.8 Å². The second-order valence-corrected chi connectivity index (χ2v) is 8.21. The zero-order chi connectivity index (χ0) is 23.4. The molecule has 3 heterocycles. The summed E-state index contributed by atoms with van der Waals surface area (Å²) in [5, 5.41) is 17.4. The Labute approximate surface area is 194 Å². The molecule has 0 saturated carbocycles. The third-order valence-electron chi connectivity index (χ3n) is 4.21. The number of carbonyl (C=O) groups excluding carboxylic acids is 2. The maximum Gasteiger partial charge on any atom is 0.358 e. The molecule has 3 aromatic heterocycles. The maximum absolute atomic E-state index is 12.4. The molecule has 0 fully saturated rings. The van der Waals surface area contributed by atoms with Crippen molar-refractivity contribution < 1.29 is 19.2 Å². The molecule has 0 aliphatic rings. The topological polar surface area (TPSA) is 150 Å². The SMILES string of the molecule is CC(OC(=O)c1csc(-c2ncccn2)n1)C(=O)Nc1nc(-c2cccc([N+](=O)[O-])c2)cs1. The predicted octanol–water partition coefficient (Wildman–Crippen LogP) is 3.82. The number of aromatic nitrogens is 4. The van der Waals surface area contributed by atoms with Crippen LogP contribution in [0.4, 0.5) is 10.8 Å². The summed E-state index contributed by atoms with van der Waals surface area (Å²) in [6.07, 6.45) is 2.02. The lowest BCUT2D eigenvalue weighted by atomic mass is 10.1. The number of hydrogen-bond donors (Lipinski definition) is 1. The monoisotopic (exact) mass is 482 g/mol. The van der Waals surface area contributed by atoms with Crippen LogP contribution >= 0.6 is 22.7 Å². The zero-order valence-electron chi connectivity index (χ0n) is 16.9. The normalized spacial score (nSPS) is 11.5. The molecular weight excluding hydrogens is 468 g/mol. The summed E-state index contributed by atoms with van der Waals surface area (Å²) in [5.41, 5.74) is 1.00. The Morgan fingerprint density at radius 2 is 1.91 bits per heavy atom. The van der Waals surface area contributed by atoms with Gasteiger partial charge in [-0.1, -0.05) is 12.1 Å². The van der Waals surface area contributed by atoms with E-state index in [4.69, 9.17) is 4.74 Å². The molecule has 1 amide bonds. The van der Waals surface area contributed by atoms with E-state index in [2.05, 4.69) is 25.3 Å². The van der Waals surface area contributed by atoms with Gasteiger partial charge in [-0.2, -0.15) is 0 Å². The van der Waals surface area contributed by atoms with Gasteiger partial charge in [-0.05, 0) is 13.0 Å². The number of anilines is 1. The summed E-state index contributed by atoms with van der Waals surface area (Å²) in [4.78, 5) is 51.9. The summed E-state index contributed by atoms with van der Waals surface area (Å²) in [6.45, 7) is 1.43. The number of carbonyl (C=O) groups is 2. The van der Waals surface area contributed by atoms with Crippen LogP contribution in [-0.4, -0.2) is 42.8 Å². The van der Waals surface area contributed by atoms with Gasteiger partial charge in [0, 0.05) is 40.8 Å². The number of benzene rings is 1. The van der Waals surface area contributed by atoms with Gasteiger partial charge in [0.1, 0.15) is 0 Å². The van der Waals surface area contributed by atoms with Crippen molar-refractivity contribution in [3.05, 3.63) is 69.3 Å². The van der Waals surface area contributed by atoms with E-state index in [9.17, 15) is 19.7 Å². The number of hydrogen-bond acceptors (Lipinski definition) is 11. The van der Waals surface area contributed by atoms with Crippen molar-refractivity contribution >= 4 is 45.4 Å². The number of nitrogens with one attached hydrogen (secondary N) is 1. The molecule has 1 unspecified atom stereocenters. The molecule has 0 aliphatic heterocycles. The van der Waals surface area contributed by atoms with Crippen LogP contribution in [0.1, 0.15) is 17.4 Å². The van der Waals surface area contributed by atoms with E-state index in [1.54, 1.807) is 36.0 Å². The molecule has 13 heteroatoms. The molecule has 0 radical (unpaired) electrons. The summed E-state index contributed by atoms with van der Waals surface area (Å²) in [6, 6.07) is 7.68. The second kappa shape index (κ2) is 9.58. The van der Waals surface area contributed by atoms with E-state index >= 15 is 0 Å². The zero-order valence-corrected chi connectivity index (χ0v) is 18.5. The molecule has 0 spiro atoms. The number of esters is 1. The van der Waals surface area contributed by atoms with Crippen molar-refractivity contribution in [1.82, 2.24) is 19.9 Å². The van der Waals surface area contributed by atoms with E-state index in [0.29, 0.717) is 22.1 Å². The quantitative estimate of drug-likeness (QED) is 0.235. The van der Waals surface area contributed by atoms with E-state index in [-0.39, 0.29) is 16.5 Å². The Morgan fingerprint density at radius 1 is 1.12 bits per heavy atom. The average Bonchev–Trinajstić information content (AvgIpc) is 3.50. The standard InChI is InChI=1S/C20H14N6O5S2/c1-11(31-19(28)15-10-32-18(23-15)16-21-6-3-7-22-16)17(27)25-20-24-14(9-33-20)12-4-2-5-13(8-12)26(29)30/h2-11H,1H3,(H,24,25,27).